The van der Waals surface area contributed by atoms with E-state index >= 15 is 0 Å². The zero-order chi connectivity index (χ0) is 12.1. The predicted octanol–water partition coefficient (Wildman–Crippen LogP) is 0.739. The Kier molecular flexibility index (Phi) is 4.07. The fourth-order valence-electron chi connectivity index (χ4n) is 1.22. The number of anilines is 1. The maximum Gasteiger partial charge on any atom is 0.412 e. The normalized spacial score (nSPS) is 9.94. The molecule has 88 valence electrons. The van der Waals surface area contributed by atoms with Crippen molar-refractivity contribution in [2.75, 3.05) is 25.7 Å². The van der Waals surface area contributed by atoms with Crippen LogP contribution in [0.25, 0.3) is 0 Å². The Bertz CT molecular complexity index is 381. The predicted molar refractivity (Wildman–Crippen MR) is 58.0 cm³/mol. The van der Waals surface area contributed by atoms with Crippen molar-refractivity contribution in [2.24, 2.45) is 0 Å². The van der Waals surface area contributed by atoms with E-state index < -0.39 is 6.09 Å². The number of pyridine rings is 1. The van der Waals surface area contributed by atoms with Gasteiger partial charge in [0, 0.05) is 25.8 Å². The number of rotatable bonds is 4. The third kappa shape index (κ3) is 2.60. The van der Waals surface area contributed by atoms with Gasteiger partial charge in [0.25, 0.3) is 0 Å². The highest BCUT2D eigenvalue weighted by Gasteiger charge is 2.16. The van der Waals surface area contributed by atoms with E-state index in [1.165, 1.54) is 14.2 Å². The molecule has 6 heteroatoms. The van der Waals surface area contributed by atoms with Crippen LogP contribution in [0.4, 0.5) is 10.6 Å². The van der Waals surface area contributed by atoms with Gasteiger partial charge in [0.1, 0.15) is 0 Å². The highest BCUT2D eigenvalue weighted by Crippen LogP contribution is 2.25. The Morgan fingerprint density at radius 1 is 1.56 bits per heavy atom. The number of hydrogen-bond acceptors (Lipinski definition) is 4. The van der Waals surface area contributed by atoms with Crippen molar-refractivity contribution in [3.63, 3.8) is 0 Å². The van der Waals surface area contributed by atoms with Crippen LogP contribution < -0.4 is 9.64 Å². The molecule has 0 unspecified atom stereocenters. The molecule has 1 heterocycles. The van der Waals surface area contributed by atoms with E-state index in [-0.39, 0.29) is 12.4 Å². The zero-order valence-corrected chi connectivity index (χ0v) is 9.17. The highest BCUT2D eigenvalue weighted by molar-refractivity contribution is 5.85. The van der Waals surface area contributed by atoms with Gasteiger partial charge in [-0.3, -0.25) is 4.90 Å². The monoisotopic (exact) mass is 226 g/mol. The average Bonchev–Trinajstić information content (AvgIpc) is 2.28. The van der Waals surface area contributed by atoms with Gasteiger partial charge < -0.3 is 14.9 Å². The van der Waals surface area contributed by atoms with Crippen molar-refractivity contribution in [2.45, 2.75) is 6.42 Å². The summed E-state index contributed by atoms with van der Waals surface area (Å²) in [5.74, 6) is 0.604. The molecule has 0 radical (unpaired) electrons. The molecule has 0 aliphatic carbocycles. The number of aliphatic hydroxyl groups is 1. The summed E-state index contributed by atoms with van der Waals surface area (Å²) in [6.45, 7) is -0.0322. The van der Waals surface area contributed by atoms with Gasteiger partial charge in [-0.2, -0.15) is 0 Å². The molecule has 2 N–H and O–H groups in total. The topological polar surface area (TPSA) is 82.9 Å². The summed E-state index contributed by atoms with van der Waals surface area (Å²) in [7, 11) is 2.83. The largest absolute Gasteiger partial charge is 0.493 e. The molecule has 0 bridgehead atoms. The minimum absolute atomic E-state index is 0.0322. The quantitative estimate of drug-likeness (QED) is 0.791. The molecule has 0 atom stereocenters. The number of nitrogens with zero attached hydrogens (tertiary/aromatic N) is 2. The van der Waals surface area contributed by atoms with Gasteiger partial charge in [0.15, 0.2) is 11.6 Å². The molecule has 0 saturated heterocycles. The van der Waals surface area contributed by atoms with E-state index in [1.807, 2.05) is 0 Å². The fraction of sp³-hybridized carbons (Fsp3) is 0.400. The minimum Gasteiger partial charge on any atom is -0.493 e. The van der Waals surface area contributed by atoms with Crippen LogP contribution in [0.5, 0.6) is 5.75 Å². The minimum atomic E-state index is -1.12. The van der Waals surface area contributed by atoms with E-state index in [9.17, 15) is 4.79 Å². The SMILES string of the molecule is COc1ccc(CCO)nc1N(C)C(=O)O. The van der Waals surface area contributed by atoms with Gasteiger partial charge in [-0.1, -0.05) is 0 Å². The Labute approximate surface area is 93.1 Å². The summed E-state index contributed by atoms with van der Waals surface area (Å²) in [5, 5.41) is 17.6. The zero-order valence-electron chi connectivity index (χ0n) is 9.17. The molecule has 0 aromatic carbocycles. The molecule has 1 aromatic heterocycles. The fourth-order valence-corrected chi connectivity index (χ4v) is 1.22. The number of aliphatic hydroxyl groups excluding tert-OH is 1. The first-order valence-electron chi connectivity index (χ1n) is 4.71. The first-order chi connectivity index (χ1) is 7.60. The van der Waals surface area contributed by atoms with Crippen molar-refractivity contribution in [3.05, 3.63) is 17.8 Å². The summed E-state index contributed by atoms with van der Waals surface area (Å²) in [6, 6.07) is 3.32. The molecule has 0 saturated carbocycles. The summed E-state index contributed by atoms with van der Waals surface area (Å²) in [4.78, 5) is 15.9. The van der Waals surface area contributed by atoms with Crippen LogP contribution >= 0.6 is 0 Å². The molecule has 1 amide bonds. The molecule has 6 nitrogen and oxygen atoms in total. The van der Waals surface area contributed by atoms with Gasteiger partial charge >= 0.3 is 6.09 Å². The summed E-state index contributed by atoms with van der Waals surface area (Å²) < 4.78 is 5.02. The standard InChI is InChI=1S/C10H14N2O4/c1-12(10(14)15)9-8(16-2)4-3-7(11-9)5-6-13/h3-4,13H,5-6H2,1-2H3,(H,14,15). The number of methoxy groups -OCH3 is 1. The van der Waals surface area contributed by atoms with E-state index in [0.29, 0.717) is 17.9 Å². The smallest absolute Gasteiger partial charge is 0.412 e. The first kappa shape index (κ1) is 12.3. The maximum atomic E-state index is 10.8. The van der Waals surface area contributed by atoms with Crippen LogP contribution in [0.3, 0.4) is 0 Å². The van der Waals surface area contributed by atoms with E-state index in [2.05, 4.69) is 4.98 Å². The lowest BCUT2D eigenvalue weighted by molar-refractivity contribution is 0.203. The highest BCUT2D eigenvalue weighted by atomic mass is 16.5. The van der Waals surface area contributed by atoms with Crippen LogP contribution in [0.1, 0.15) is 5.69 Å². The molecule has 1 rings (SSSR count). The molecule has 0 aliphatic heterocycles. The molecule has 1 aromatic rings. The van der Waals surface area contributed by atoms with Gasteiger partial charge in [-0.25, -0.2) is 9.78 Å². The van der Waals surface area contributed by atoms with Crippen LogP contribution in [0.2, 0.25) is 0 Å². The second kappa shape index (κ2) is 5.32. The van der Waals surface area contributed by atoms with Gasteiger partial charge in [-0.05, 0) is 12.1 Å². The van der Waals surface area contributed by atoms with E-state index in [4.69, 9.17) is 14.9 Å². The lowest BCUT2D eigenvalue weighted by Crippen LogP contribution is -2.25. The van der Waals surface area contributed by atoms with Crippen molar-refractivity contribution >= 4 is 11.9 Å². The summed E-state index contributed by atoms with van der Waals surface area (Å²) in [6.07, 6.45) is -0.739. The van der Waals surface area contributed by atoms with E-state index in [1.54, 1.807) is 12.1 Å². The Hall–Kier alpha value is -1.82. The Balaban J connectivity index is 3.11. The van der Waals surface area contributed by atoms with Crippen LogP contribution in [-0.2, 0) is 6.42 Å². The lowest BCUT2D eigenvalue weighted by Gasteiger charge is -2.16. The number of carbonyl (C=O) groups is 1. The number of carboxylic acid groups (broad SMARTS) is 1. The summed E-state index contributed by atoms with van der Waals surface area (Å²) >= 11 is 0. The van der Waals surface area contributed by atoms with Crippen LogP contribution in [0, 0.1) is 0 Å². The first-order valence-corrected chi connectivity index (χ1v) is 4.71. The third-order valence-electron chi connectivity index (χ3n) is 2.09. The van der Waals surface area contributed by atoms with Crippen molar-refractivity contribution in [1.82, 2.24) is 4.98 Å². The van der Waals surface area contributed by atoms with Gasteiger partial charge in [0.2, 0.25) is 0 Å². The van der Waals surface area contributed by atoms with E-state index in [0.717, 1.165) is 4.90 Å². The second-order valence-electron chi connectivity index (χ2n) is 3.14. The molecular weight excluding hydrogens is 212 g/mol. The Morgan fingerprint density at radius 2 is 2.25 bits per heavy atom. The van der Waals surface area contributed by atoms with Crippen LogP contribution in [0.15, 0.2) is 12.1 Å². The average molecular weight is 226 g/mol. The molecule has 16 heavy (non-hydrogen) atoms. The number of aromatic nitrogens is 1. The molecular formula is C10H14N2O4. The Morgan fingerprint density at radius 3 is 2.75 bits per heavy atom. The number of ether oxygens (including phenoxy) is 1. The van der Waals surface area contributed by atoms with Gasteiger partial charge in [-0.15, -0.1) is 0 Å². The van der Waals surface area contributed by atoms with Crippen LogP contribution in [-0.4, -0.2) is 42.1 Å². The number of hydrogen-bond donors (Lipinski definition) is 2. The lowest BCUT2D eigenvalue weighted by atomic mass is 10.2. The maximum absolute atomic E-state index is 10.8. The van der Waals surface area contributed by atoms with Crippen molar-refractivity contribution in [1.29, 1.82) is 0 Å². The van der Waals surface area contributed by atoms with Crippen molar-refractivity contribution in [3.8, 4) is 5.75 Å². The molecule has 0 fully saturated rings. The van der Waals surface area contributed by atoms with Gasteiger partial charge in [0.05, 0.1) is 7.11 Å². The molecule has 0 aliphatic rings. The third-order valence-corrected chi connectivity index (χ3v) is 2.09. The number of amides is 1. The molecule has 0 spiro atoms. The second-order valence-corrected chi connectivity index (χ2v) is 3.14. The summed E-state index contributed by atoms with van der Waals surface area (Å²) in [5.41, 5.74) is 0.617. The van der Waals surface area contributed by atoms with Crippen molar-refractivity contribution < 1.29 is 19.7 Å².